The second-order valence-corrected chi connectivity index (χ2v) is 4.32. The van der Waals surface area contributed by atoms with Crippen LogP contribution in [0.1, 0.15) is 60.3 Å². The van der Waals surface area contributed by atoms with E-state index >= 15 is 0 Å². The van der Waals surface area contributed by atoms with E-state index < -0.39 is 0 Å². The van der Waals surface area contributed by atoms with Crippen molar-refractivity contribution >= 4 is 0 Å². The minimum absolute atomic E-state index is 0.0260. The number of hydrogen-bond donors (Lipinski definition) is 2. The number of nitrogens with one attached hydrogen (secondary N) is 1. The van der Waals surface area contributed by atoms with Crippen LogP contribution >= 0.6 is 0 Å². The summed E-state index contributed by atoms with van der Waals surface area (Å²) in [5.41, 5.74) is 1.20. The summed E-state index contributed by atoms with van der Waals surface area (Å²) in [5, 5.41) is 10.2. The maximum atomic E-state index is 7.00. The largest absolute Gasteiger partial charge is 0.400 e. The van der Waals surface area contributed by atoms with Crippen LogP contribution in [0.2, 0.25) is 0 Å². The number of unbranched alkanes of at least 4 members (excludes halogenated alkanes) is 2. The van der Waals surface area contributed by atoms with Crippen LogP contribution in [0.25, 0.3) is 0 Å². The fourth-order valence-corrected chi connectivity index (χ4v) is 1.91. The number of hydrogen-bond acceptors (Lipinski definition) is 4. The van der Waals surface area contributed by atoms with Gasteiger partial charge in [0.2, 0.25) is 0 Å². The Morgan fingerprint density at radius 2 is 1.74 bits per heavy atom. The van der Waals surface area contributed by atoms with Crippen LogP contribution in [0, 0.1) is 0 Å². The van der Waals surface area contributed by atoms with E-state index in [1.54, 1.807) is 7.11 Å². The summed E-state index contributed by atoms with van der Waals surface area (Å²) >= 11 is 0. The van der Waals surface area contributed by atoms with E-state index in [0.29, 0.717) is 0 Å². The molecule has 0 amide bonds. The van der Waals surface area contributed by atoms with Gasteiger partial charge in [-0.3, -0.25) is 0 Å². The Morgan fingerprint density at radius 3 is 2.22 bits per heavy atom. The monoisotopic (exact) mass is 331 g/mol. The normalized spacial score (nSPS) is 18.7. The minimum Gasteiger partial charge on any atom is -0.400 e. The summed E-state index contributed by atoms with van der Waals surface area (Å²) < 4.78 is 11.4. The van der Waals surface area contributed by atoms with Crippen molar-refractivity contribution in [2.45, 2.75) is 72.5 Å². The van der Waals surface area contributed by atoms with Gasteiger partial charge in [0.05, 0.1) is 0 Å². The van der Waals surface area contributed by atoms with Crippen LogP contribution in [0.4, 0.5) is 0 Å². The molecule has 4 heteroatoms. The summed E-state index contributed by atoms with van der Waals surface area (Å²) in [6, 6.07) is 0. The van der Waals surface area contributed by atoms with Crippen LogP contribution in [0.3, 0.4) is 0 Å². The fraction of sp³-hybridized carbons (Fsp3) is 0.789. The third kappa shape index (κ3) is 14.5. The van der Waals surface area contributed by atoms with Gasteiger partial charge in [-0.2, -0.15) is 0 Å². The summed E-state index contributed by atoms with van der Waals surface area (Å²) in [7, 11) is 4.68. The highest BCUT2D eigenvalue weighted by Crippen LogP contribution is 2.16. The first-order chi connectivity index (χ1) is 11.3. The van der Waals surface area contributed by atoms with Gasteiger partial charge in [0.25, 0.3) is 0 Å². The molecule has 0 fully saturated rings. The second kappa shape index (κ2) is 23.4. The highest BCUT2D eigenvalue weighted by molar-refractivity contribution is 5.16. The SMILES string of the molecule is CC.CC.CCCCCOC1C=C(NC)CC=C[C@H]1OC.CO. The maximum Gasteiger partial charge on any atom is 0.107 e. The zero-order chi connectivity index (χ0) is 18.5. The molecule has 1 aliphatic carbocycles. The maximum absolute atomic E-state index is 7.00. The lowest BCUT2D eigenvalue weighted by atomic mass is 10.2. The lowest BCUT2D eigenvalue weighted by Crippen LogP contribution is -2.28. The Hall–Kier alpha value is -0.840. The first-order valence-electron chi connectivity index (χ1n) is 8.96. The lowest BCUT2D eigenvalue weighted by molar-refractivity contribution is -0.0108. The number of ether oxygens (including phenoxy) is 2. The molecule has 4 nitrogen and oxygen atoms in total. The van der Waals surface area contributed by atoms with E-state index in [1.807, 2.05) is 34.7 Å². The molecule has 0 aliphatic heterocycles. The molecule has 2 atom stereocenters. The average molecular weight is 332 g/mol. The first kappa shape index (κ1) is 27.0. The molecule has 0 spiro atoms. The minimum atomic E-state index is 0.0260. The molecule has 2 N–H and O–H groups in total. The van der Waals surface area contributed by atoms with Gasteiger partial charge in [-0.05, 0) is 12.5 Å². The van der Waals surface area contributed by atoms with Crippen LogP contribution < -0.4 is 5.32 Å². The van der Waals surface area contributed by atoms with E-state index in [9.17, 15) is 0 Å². The van der Waals surface area contributed by atoms with Crippen LogP contribution in [0.15, 0.2) is 23.9 Å². The zero-order valence-corrected chi connectivity index (χ0v) is 16.7. The van der Waals surface area contributed by atoms with Crippen molar-refractivity contribution in [3.63, 3.8) is 0 Å². The molecular weight excluding hydrogens is 290 g/mol. The summed E-state index contributed by atoms with van der Waals surface area (Å²) in [6.45, 7) is 11.0. The van der Waals surface area contributed by atoms with Gasteiger partial charge in [-0.1, -0.05) is 59.6 Å². The highest BCUT2D eigenvalue weighted by atomic mass is 16.5. The van der Waals surface area contributed by atoms with Crippen LogP contribution in [-0.4, -0.2) is 45.2 Å². The summed E-state index contributed by atoms with van der Waals surface area (Å²) in [4.78, 5) is 0. The number of methoxy groups -OCH3 is 1. The van der Waals surface area contributed by atoms with Crippen molar-refractivity contribution in [2.24, 2.45) is 0 Å². The standard InChI is InChI=1S/C14H25NO2.2C2H6.CH4O/c1-4-5-6-10-17-14-11-12(15-2)8-7-9-13(14)16-3;3*1-2/h7,9,11,13-15H,4-6,8,10H2,1-3H3;2*1-2H3;2H,1H3/t13-,14?;;;/m1.../s1. The van der Waals surface area contributed by atoms with Crippen molar-refractivity contribution in [1.82, 2.24) is 5.32 Å². The number of allylic oxidation sites excluding steroid dienone is 1. The summed E-state index contributed by atoms with van der Waals surface area (Å²) in [6.07, 6.45) is 10.9. The molecule has 0 radical (unpaired) electrons. The molecule has 1 aliphatic rings. The molecule has 0 bridgehead atoms. The van der Waals surface area contributed by atoms with Crippen LogP contribution in [0.5, 0.6) is 0 Å². The van der Waals surface area contributed by atoms with Crippen molar-refractivity contribution < 1.29 is 14.6 Å². The van der Waals surface area contributed by atoms with Gasteiger partial charge in [0.15, 0.2) is 0 Å². The quantitative estimate of drug-likeness (QED) is 0.539. The molecule has 0 heterocycles. The van der Waals surface area contributed by atoms with Gasteiger partial charge in [0.1, 0.15) is 12.2 Å². The summed E-state index contributed by atoms with van der Waals surface area (Å²) in [5.74, 6) is 0. The zero-order valence-electron chi connectivity index (χ0n) is 16.7. The average Bonchev–Trinajstić information content (AvgIpc) is 2.85. The molecule has 1 rings (SSSR count). The van der Waals surface area contributed by atoms with Gasteiger partial charge in [0, 0.05) is 40.0 Å². The topological polar surface area (TPSA) is 50.7 Å². The Bertz CT molecular complexity index is 265. The van der Waals surface area contributed by atoms with Gasteiger partial charge < -0.3 is 19.9 Å². The van der Waals surface area contributed by atoms with Crippen LogP contribution in [-0.2, 0) is 9.47 Å². The predicted octanol–water partition coefficient (Wildman–Crippen LogP) is 4.30. The number of aliphatic hydroxyl groups excluding tert-OH is 1. The van der Waals surface area contributed by atoms with E-state index in [1.165, 1.54) is 18.5 Å². The Kier molecular flexibility index (Phi) is 27.5. The predicted molar refractivity (Wildman–Crippen MR) is 102 cm³/mol. The van der Waals surface area contributed by atoms with Crippen molar-refractivity contribution in [3.8, 4) is 0 Å². The van der Waals surface area contributed by atoms with Gasteiger partial charge >= 0.3 is 0 Å². The molecule has 0 aromatic rings. The van der Waals surface area contributed by atoms with E-state index in [0.717, 1.165) is 26.6 Å². The van der Waals surface area contributed by atoms with Crippen molar-refractivity contribution in [2.75, 3.05) is 27.9 Å². The molecule has 0 saturated carbocycles. The molecule has 23 heavy (non-hydrogen) atoms. The Morgan fingerprint density at radius 1 is 1.13 bits per heavy atom. The third-order valence-electron chi connectivity index (χ3n) is 3.00. The molecular formula is C19H41NO3. The third-order valence-corrected chi connectivity index (χ3v) is 3.00. The van der Waals surface area contributed by atoms with E-state index in [-0.39, 0.29) is 12.2 Å². The van der Waals surface area contributed by atoms with Crippen molar-refractivity contribution in [1.29, 1.82) is 0 Å². The molecule has 0 aromatic heterocycles. The van der Waals surface area contributed by atoms with E-state index in [4.69, 9.17) is 14.6 Å². The Labute approximate surface area is 145 Å². The van der Waals surface area contributed by atoms with Gasteiger partial charge in [-0.15, -0.1) is 0 Å². The highest BCUT2D eigenvalue weighted by Gasteiger charge is 2.19. The number of rotatable bonds is 7. The molecule has 0 saturated heterocycles. The molecule has 140 valence electrons. The van der Waals surface area contributed by atoms with E-state index in [2.05, 4.69) is 30.5 Å². The molecule has 0 aromatic carbocycles. The lowest BCUT2D eigenvalue weighted by Gasteiger charge is -2.21. The fourth-order valence-electron chi connectivity index (χ4n) is 1.91. The smallest absolute Gasteiger partial charge is 0.107 e. The first-order valence-corrected chi connectivity index (χ1v) is 8.96. The van der Waals surface area contributed by atoms with Gasteiger partial charge in [-0.25, -0.2) is 0 Å². The molecule has 1 unspecified atom stereocenters. The van der Waals surface area contributed by atoms with Crippen molar-refractivity contribution in [3.05, 3.63) is 23.9 Å². The number of aliphatic hydroxyl groups is 1. The Balaban J connectivity index is -0.000000595. The second-order valence-electron chi connectivity index (χ2n) is 4.32.